The summed E-state index contributed by atoms with van der Waals surface area (Å²) in [6, 6.07) is 16.2. The van der Waals surface area contributed by atoms with Crippen LogP contribution in [0, 0.1) is 0 Å². The molecule has 170 valence electrons. The van der Waals surface area contributed by atoms with Crippen LogP contribution < -0.4 is 15.0 Å². The SMILES string of the molecule is COc1cccc(C2CN(C)C(CCc3nc(N4CCNC(=O)C4)c4ccccc4n3)=N2)c1. The van der Waals surface area contributed by atoms with Crippen LogP contribution in [0.5, 0.6) is 5.75 Å². The molecular weight excluding hydrogens is 416 g/mol. The second-order valence-electron chi connectivity index (χ2n) is 8.47. The third-order valence-corrected chi connectivity index (χ3v) is 6.21. The molecule has 5 rings (SSSR count). The van der Waals surface area contributed by atoms with E-state index < -0.39 is 0 Å². The smallest absolute Gasteiger partial charge is 0.239 e. The molecule has 1 fully saturated rings. The highest BCUT2D eigenvalue weighted by atomic mass is 16.5. The number of amides is 1. The second kappa shape index (κ2) is 9.05. The van der Waals surface area contributed by atoms with Crippen molar-refractivity contribution < 1.29 is 9.53 Å². The van der Waals surface area contributed by atoms with Gasteiger partial charge < -0.3 is 19.9 Å². The van der Waals surface area contributed by atoms with Crippen molar-refractivity contribution >= 4 is 28.5 Å². The highest BCUT2D eigenvalue weighted by Gasteiger charge is 2.25. The summed E-state index contributed by atoms with van der Waals surface area (Å²) >= 11 is 0. The summed E-state index contributed by atoms with van der Waals surface area (Å²) in [6.45, 7) is 2.52. The van der Waals surface area contributed by atoms with Gasteiger partial charge in [0.1, 0.15) is 17.4 Å². The maximum absolute atomic E-state index is 12.0. The van der Waals surface area contributed by atoms with Crippen LogP contribution in [0.1, 0.15) is 23.9 Å². The lowest BCUT2D eigenvalue weighted by molar-refractivity contribution is -0.120. The van der Waals surface area contributed by atoms with Crippen LogP contribution in [0.4, 0.5) is 5.82 Å². The average molecular weight is 445 g/mol. The van der Waals surface area contributed by atoms with Crippen molar-refractivity contribution in [2.45, 2.75) is 18.9 Å². The fourth-order valence-corrected chi connectivity index (χ4v) is 4.47. The number of piperazine rings is 1. The van der Waals surface area contributed by atoms with Gasteiger partial charge in [0, 0.05) is 44.9 Å². The molecule has 2 aromatic carbocycles. The molecule has 1 amide bonds. The molecular formula is C25H28N6O2. The quantitative estimate of drug-likeness (QED) is 0.629. The first-order valence-electron chi connectivity index (χ1n) is 11.3. The number of rotatable bonds is 6. The van der Waals surface area contributed by atoms with Crippen molar-refractivity contribution in [1.82, 2.24) is 20.2 Å². The van der Waals surface area contributed by atoms with E-state index in [1.54, 1.807) is 7.11 Å². The predicted molar refractivity (Wildman–Crippen MR) is 129 cm³/mol. The van der Waals surface area contributed by atoms with Gasteiger partial charge in [-0.05, 0) is 29.8 Å². The third kappa shape index (κ3) is 4.46. The number of anilines is 1. The number of aromatic nitrogens is 2. The number of aliphatic imine (C=N–C) groups is 1. The van der Waals surface area contributed by atoms with Gasteiger partial charge in [0.15, 0.2) is 0 Å². The molecule has 0 bridgehead atoms. The molecule has 1 aromatic heterocycles. The molecule has 3 heterocycles. The molecule has 0 radical (unpaired) electrons. The number of carbonyl (C=O) groups is 1. The van der Waals surface area contributed by atoms with Gasteiger partial charge in [-0.3, -0.25) is 9.79 Å². The van der Waals surface area contributed by atoms with E-state index in [0.29, 0.717) is 19.5 Å². The number of hydrogen-bond donors (Lipinski definition) is 1. The number of para-hydroxylation sites is 1. The Kier molecular flexibility index (Phi) is 5.81. The number of ether oxygens (including phenoxy) is 1. The number of amidine groups is 1. The third-order valence-electron chi connectivity index (χ3n) is 6.21. The van der Waals surface area contributed by atoms with E-state index in [2.05, 4.69) is 29.4 Å². The number of fused-ring (bicyclic) bond motifs is 1. The van der Waals surface area contributed by atoms with Gasteiger partial charge in [0.05, 0.1) is 31.0 Å². The molecule has 0 aliphatic carbocycles. The summed E-state index contributed by atoms with van der Waals surface area (Å²) in [5.74, 6) is 3.54. The number of nitrogens with zero attached hydrogens (tertiary/aromatic N) is 5. The van der Waals surface area contributed by atoms with Gasteiger partial charge in [0.2, 0.25) is 5.91 Å². The number of nitrogens with one attached hydrogen (secondary N) is 1. The van der Waals surface area contributed by atoms with Crippen LogP contribution in [0.3, 0.4) is 0 Å². The molecule has 1 N–H and O–H groups in total. The van der Waals surface area contributed by atoms with Gasteiger partial charge in [-0.2, -0.15) is 0 Å². The van der Waals surface area contributed by atoms with Gasteiger partial charge in [-0.25, -0.2) is 9.97 Å². The van der Waals surface area contributed by atoms with Crippen LogP contribution in [0.15, 0.2) is 53.5 Å². The molecule has 0 saturated carbocycles. The monoisotopic (exact) mass is 444 g/mol. The van der Waals surface area contributed by atoms with E-state index in [1.165, 1.54) is 0 Å². The Morgan fingerprint density at radius 3 is 2.85 bits per heavy atom. The highest BCUT2D eigenvalue weighted by Crippen LogP contribution is 2.29. The fraction of sp³-hybridized carbons (Fsp3) is 0.360. The van der Waals surface area contributed by atoms with Crippen molar-refractivity contribution in [3.8, 4) is 5.75 Å². The molecule has 1 atom stereocenters. The standard InChI is InChI=1S/C25H28N6O2/c1-30-15-21(17-6-5-7-18(14-17)33-2)28-23(30)11-10-22-27-20-9-4-3-8-19(20)25(29-22)31-13-12-26-24(32)16-31/h3-9,14,21H,10-13,15-16H2,1-2H3,(H,26,32). The Hall–Kier alpha value is -3.68. The zero-order chi connectivity index (χ0) is 22.8. The summed E-state index contributed by atoms with van der Waals surface area (Å²) < 4.78 is 5.37. The fourth-order valence-electron chi connectivity index (χ4n) is 4.47. The number of aryl methyl sites for hydroxylation is 1. The van der Waals surface area contributed by atoms with Crippen LogP contribution in [-0.4, -0.2) is 66.9 Å². The van der Waals surface area contributed by atoms with E-state index in [9.17, 15) is 4.79 Å². The molecule has 3 aromatic rings. The van der Waals surface area contributed by atoms with E-state index >= 15 is 0 Å². The lowest BCUT2D eigenvalue weighted by atomic mass is 10.1. The lowest BCUT2D eigenvalue weighted by Gasteiger charge is -2.28. The van der Waals surface area contributed by atoms with Gasteiger partial charge in [-0.1, -0.05) is 24.3 Å². The Labute approximate surface area is 193 Å². The maximum Gasteiger partial charge on any atom is 0.239 e. The summed E-state index contributed by atoms with van der Waals surface area (Å²) in [5, 5.41) is 3.86. The Morgan fingerprint density at radius 1 is 1.12 bits per heavy atom. The second-order valence-corrected chi connectivity index (χ2v) is 8.47. The number of carbonyl (C=O) groups excluding carboxylic acids is 1. The predicted octanol–water partition coefficient (Wildman–Crippen LogP) is 2.59. The van der Waals surface area contributed by atoms with Gasteiger partial charge in [0.25, 0.3) is 0 Å². The molecule has 8 nitrogen and oxygen atoms in total. The van der Waals surface area contributed by atoms with Crippen molar-refractivity contribution in [3.05, 3.63) is 59.9 Å². The van der Waals surface area contributed by atoms with Crippen molar-refractivity contribution in [3.63, 3.8) is 0 Å². The largest absolute Gasteiger partial charge is 0.497 e. The lowest BCUT2D eigenvalue weighted by Crippen LogP contribution is -2.48. The minimum atomic E-state index is 0.0241. The minimum absolute atomic E-state index is 0.0241. The topological polar surface area (TPSA) is 83.0 Å². The van der Waals surface area contributed by atoms with E-state index in [-0.39, 0.29) is 11.9 Å². The summed E-state index contributed by atoms with van der Waals surface area (Å²) in [4.78, 5) is 30.9. The number of hydrogen-bond acceptors (Lipinski definition) is 7. The zero-order valence-electron chi connectivity index (χ0n) is 19.0. The zero-order valence-corrected chi connectivity index (χ0v) is 19.0. The first kappa shape index (κ1) is 21.2. The molecule has 1 saturated heterocycles. The minimum Gasteiger partial charge on any atom is -0.497 e. The molecule has 8 heteroatoms. The molecule has 2 aliphatic heterocycles. The average Bonchev–Trinajstić information content (AvgIpc) is 3.22. The molecule has 0 spiro atoms. The van der Waals surface area contributed by atoms with Crippen molar-refractivity contribution in [2.24, 2.45) is 4.99 Å². The maximum atomic E-state index is 12.0. The summed E-state index contributed by atoms with van der Waals surface area (Å²) in [5.41, 5.74) is 2.06. The molecule has 2 aliphatic rings. The Bertz CT molecular complexity index is 1210. The normalized spacial score (nSPS) is 18.4. The van der Waals surface area contributed by atoms with Crippen molar-refractivity contribution in [1.29, 1.82) is 0 Å². The number of methoxy groups -OCH3 is 1. The summed E-state index contributed by atoms with van der Waals surface area (Å²) in [7, 11) is 3.76. The molecule has 33 heavy (non-hydrogen) atoms. The first-order valence-corrected chi connectivity index (χ1v) is 11.3. The number of benzene rings is 2. The van der Waals surface area contributed by atoms with Crippen LogP contribution in [-0.2, 0) is 11.2 Å². The van der Waals surface area contributed by atoms with Crippen LogP contribution >= 0.6 is 0 Å². The Morgan fingerprint density at radius 2 is 2.00 bits per heavy atom. The van der Waals surface area contributed by atoms with Crippen LogP contribution in [0.25, 0.3) is 10.9 Å². The van der Waals surface area contributed by atoms with E-state index in [1.807, 2.05) is 41.3 Å². The van der Waals surface area contributed by atoms with E-state index in [4.69, 9.17) is 19.7 Å². The number of likely N-dealkylation sites (N-methyl/N-ethyl adjacent to an activating group) is 1. The van der Waals surface area contributed by atoms with Gasteiger partial charge >= 0.3 is 0 Å². The first-order chi connectivity index (χ1) is 16.1. The Balaban J connectivity index is 1.37. The molecule has 1 unspecified atom stereocenters. The summed E-state index contributed by atoms with van der Waals surface area (Å²) in [6.07, 6.45) is 1.45. The van der Waals surface area contributed by atoms with Crippen molar-refractivity contribution in [2.75, 3.05) is 45.2 Å². The van der Waals surface area contributed by atoms with E-state index in [0.717, 1.165) is 59.2 Å². The van der Waals surface area contributed by atoms with Crippen LogP contribution in [0.2, 0.25) is 0 Å². The highest BCUT2D eigenvalue weighted by molar-refractivity contribution is 5.92. The van der Waals surface area contributed by atoms with Gasteiger partial charge in [-0.15, -0.1) is 0 Å².